The Balaban J connectivity index is 1.57. The first kappa shape index (κ1) is 15.1. The summed E-state index contributed by atoms with van der Waals surface area (Å²) < 4.78 is 8.44. The van der Waals surface area contributed by atoms with Crippen LogP contribution in [0, 0.1) is 0 Å². The summed E-state index contributed by atoms with van der Waals surface area (Å²) in [5.74, 6) is -0.160. The van der Waals surface area contributed by atoms with E-state index in [0.717, 1.165) is 11.0 Å². The SMILES string of the molecule is Cn1cnc2cc(OC(=O)Cn3cnc4ccccc4c3=O)ccc21. The highest BCUT2D eigenvalue weighted by Gasteiger charge is 2.11. The van der Waals surface area contributed by atoms with Crippen molar-refractivity contribution in [3.8, 4) is 5.75 Å². The fourth-order valence-corrected chi connectivity index (χ4v) is 2.70. The van der Waals surface area contributed by atoms with Crippen molar-refractivity contribution in [3.05, 3.63) is 65.5 Å². The lowest BCUT2D eigenvalue weighted by atomic mass is 10.2. The first-order valence-corrected chi connectivity index (χ1v) is 7.68. The molecule has 2 heterocycles. The first-order chi connectivity index (χ1) is 12.1. The second kappa shape index (κ2) is 5.86. The number of aryl methyl sites for hydroxylation is 1. The normalized spacial score (nSPS) is 11.1. The van der Waals surface area contributed by atoms with Gasteiger partial charge in [0.05, 0.1) is 34.6 Å². The fraction of sp³-hybridized carbons (Fsp3) is 0.111. The molecule has 2 aromatic heterocycles. The van der Waals surface area contributed by atoms with E-state index in [9.17, 15) is 9.59 Å². The van der Waals surface area contributed by atoms with Crippen molar-refractivity contribution in [1.29, 1.82) is 0 Å². The van der Waals surface area contributed by atoms with Crippen molar-refractivity contribution in [2.75, 3.05) is 0 Å². The Morgan fingerprint density at radius 3 is 2.76 bits per heavy atom. The molecule has 0 aliphatic rings. The maximum absolute atomic E-state index is 12.4. The van der Waals surface area contributed by atoms with Gasteiger partial charge in [0, 0.05) is 13.1 Å². The summed E-state index contributed by atoms with van der Waals surface area (Å²) >= 11 is 0. The van der Waals surface area contributed by atoms with Crippen molar-refractivity contribution in [2.45, 2.75) is 6.54 Å². The Bertz CT molecular complexity index is 1160. The van der Waals surface area contributed by atoms with E-state index in [1.165, 1.54) is 10.9 Å². The average molecular weight is 334 g/mol. The molecule has 0 saturated carbocycles. The van der Waals surface area contributed by atoms with Crippen LogP contribution in [0.3, 0.4) is 0 Å². The molecule has 124 valence electrons. The number of ether oxygens (including phenoxy) is 1. The predicted octanol–water partition coefficient (Wildman–Crippen LogP) is 1.89. The number of imidazole rings is 1. The summed E-state index contributed by atoms with van der Waals surface area (Å²) in [5.41, 5.74) is 1.99. The van der Waals surface area contributed by atoms with E-state index in [2.05, 4.69) is 9.97 Å². The number of rotatable bonds is 3. The van der Waals surface area contributed by atoms with Gasteiger partial charge in [-0.3, -0.25) is 9.36 Å². The highest BCUT2D eigenvalue weighted by atomic mass is 16.5. The third-order valence-corrected chi connectivity index (χ3v) is 3.96. The number of nitrogens with zero attached hydrogens (tertiary/aromatic N) is 4. The molecule has 0 radical (unpaired) electrons. The van der Waals surface area contributed by atoms with E-state index in [-0.39, 0.29) is 12.1 Å². The highest BCUT2D eigenvalue weighted by Crippen LogP contribution is 2.19. The zero-order valence-electron chi connectivity index (χ0n) is 13.4. The lowest BCUT2D eigenvalue weighted by Crippen LogP contribution is -2.26. The molecular formula is C18H14N4O3. The number of fused-ring (bicyclic) bond motifs is 2. The molecule has 4 rings (SSSR count). The minimum Gasteiger partial charge on any atom is -0.425 e. The van der Waals surface area contributed by atoms with Crippen LogP contribution in [-0.4, -0.2) is 25.1 Å². The van der Waals surface area contributed by atoms with Crippen LogP contribution in [-0.2, 0) is 18.4 Å². The lowest BCUT2D eigenvalue weighted by molar-refractivity contribution is -0.135. The zero-order valence-corrected chi connectivity index (χ0v) is 13.4. The van der Waals surface area contributed by atoms with Gasteiger partial charge in [-0.2, -0.15) is 0 Å². The average Bonchev–Trinajstić information content (AvgIpc) is 2.98. The standard InChI is InChI=1S/C18H14N4O3/c1-21-10-19-15-8-12(6-7-16(15)21)25-17(23)9-22-11-20-14-5-3-2-4-13(14)18(22)24/h2-8,10-11H,9H2,1H3. The van der Waals surface area contributed by atoms with Gasteiger partial charge in [-0.1, -0.05) is 12.1 Å². The van der Waals surface area contributed by atoms with Gasteiger partial charge in [-0.15, -0.1) is 0 Å². The maximum atomic E-state index is 12.4. The van der Waals surface area contributed by atoms with Crippen LogP contribution in [0.2, 0.25) is 0 Å². The van der Waals surface area contributed by atoms with Crippen LogP contribution in [0.1, 0.15) is 0 Å². The van der Waals surface area contributed by atoms with Gasteiger partial charge in [0.1, 0.15) is 12.3 Å². The molecule has 0 bridgehead atoms. The number of hydrogen-bond acceptors (Lipinski definition) is 5. The summed E-state index contributed by atoms with van der Waals surface area (Å²) in [6.07, 6.45) is 3.05. The Labute approximate surface area is 142 Å². The second-order valence-electron chi connectivity index (χ2n) is 5.67. The number of esters is 1. The molecule has 4 aromatic rings. The molecule has 0 N–H and O–H groups in total. The molecule has 2 aromatic carbocycles. The number of hydrogen-bond donors (Lipinski definition) is 0. The Morgan fingerprint density at radius 1 is 1.08 bits per heavy atom. The predicted molar refractivity (Wildman–Crippen MR) is 92.4 cm³/mol. The van der Waals surface area contributed by atoms with E-state index < -0.39 is 5.97 Å². The summed E-state index contributed by atoms with van der Waals surface area (Å²) in [6.45, 7) is -0.211. The summed E-state index contributed by atoms with van der Waals surface area (Å²) in [5, 5.41) is 0.465. The van der Waals surface area contributed by atoms with Gasteiger partial charge < -0.3 is 9.30 Å². The molecule has 0 atom stereocenters. The van der Waals surface area contributed by atoms with Crippen LogP contribution in [0.4, 0.5) is 0 Å². The van der Waals surface area contributed by atoms with Crippen LogP contribution in [0.25, 0.3) is 21.9 Å². The molecule has 0 aliphatic heterocycles. The molecular weight excluding hydrogens is 320 g/mol. The minimum absolute atomic E-state index is 0.211. The fourth-order valence-electron chi connectivity index (χ4n) is 2.70. The van der Waals surface area contributed by atoms with Crippen molar-refractivity contribution in [1.82, 2.24) is 19.1 Å². The Morgan fingerprint density at radius 2 is 1.88 bits per heavy atom. The molecule has 0 unspecified atom stereocenters. The number of benzene rings is 2. The van der Waals surface area contributed by atoms with Gasteiger partial charge in [0.15, 0.2) is 0 Å². The molecule has 0 spiro atoms. The highest BCUT2D eigenvalue weighted by molar-refractivity contribution is 5.80. The van der Waals surface area contributed by atoms with Gasteiger partial charge in [-0.25, -0.2) is 14.8 Å². The minimum atomic E-state index is -0.547. The van der Waals surface area contributed by atoms with Crippen LogP contribution < -0.4 is 10.3 Å². The van der Waals surface area contributed by atoms with Gasteiger partial charge in [0.25, 0.3) is 5.56 Å². The smallest absolute Gasteiger partial charge is 0.331 e. The summed E-state index contributed by atoms with van der Waals surface area (Å²) in [4.78, 5) is 33.0. The quantitative estimate of drug-likeness (QED) is 0.422. The van der Waals surface area contributed by atoms with Crippen LogP contribution in [0.5, 0.6) is 5.75 Å². The number of carbonyl (C=O) groups is 1. The molecule has 0 amide bonds. The molecule has 25 heavy (non-hydrogen) atoms. The third kappa shape index (κ3) is 2.76. The van der Waals surface area contributed by atoms with Crippen LogP contribution >= 0.6 is 0 Å². The van der Waals surface area contributed by atoms with Gasteiger partial charge in [-0.05, 0) is 24.3 Å². The topological polar surface area (TPSA) is 79.0 Å². The molecule has 0 saturated heterocycles. The second-order valence-corrected chi connectivity index (χ2v) is 5.67. The summed E-state index contributed by atoms with van der Waals surface area (Å²) in [7, 11) is 1.89. The van der Waals surface area contributed by atoms with Crippen molar-refractivity contribution in [3.63, 3.8) is 0 Å². The summed E-state index contributed by atoms with van der Waals surface area (Å²) in [6, 6.07) is 12.2. The van der Waals surface area contributed by atoms with Crippen LogP contribution in [0.15, 0.2) is 59.9 Å². The van der Waals surface area contributed by atoms with E-state index in [1.54, 1.807) is 42.7 Å². The number of para-hydroxylation sites is 1. The Hall–Kier alpha value is -3.48. The van der Waals surface area contributed by atoms with Crippen molar-refractivity contribution < 1.29 is 9.53 Å². The van der Waals surface area contributed by atoms with E-state index in [0.29, 0.717) is 16.7 Å². The molecule has 7 nitrogen and oxygen atoms in total. The third-order valence-electron chi connectivity index (χ3n) is 3.96. The van der Waals surface area contributed by atoms with E-state index >= 15 is 0 Å². The molecule has 7 heteroatoms. The lowest BCUT2D eigenvalue weighted by Gasteiger charge is -2.07. The van der Waals surface area contributed by atoms with Gasteiger partial charge >= 0.3 is 5.97 Å². The largest absolute Gasteiger partial charge is 0.425 e. The zero-order chi connectivity index (χ0) is 17.4. The Kier molecular flexibility index (Phi) is 3.53. The first-order valence-electron chi connectivity index (χ1n) is 7.68. The molecule has 0 aliphatic carbocycles. The number of carbonyl (C=O) groups excluding carboxylic acids is 1. The maximum Gasteiger partial charge on any atom is 0.331 e. The van der Waals surface area contributed by atoms with Crippen molar-refractivity contribution in [2.24, 2.45) is 7.05 Å². The molecule has 0 fully saturated rings. The van der Waals surface area contributed by atoms with E-state index in [4.69, 9.17) is 4.74 Å². The number of aromatic nitrogens is 4. The van der Waals surface area contributed by atoms with Gasteiger partial charge in [0.2, 0.25) is 0 Å². The van der Waals surface area contributed by atoms with E-state index in [1.807, 2.05) is 17.7 Å². The monoisotopic (exact) mass is 334 g/mol. The van der Waals surface area contributed by atoms with Crippen molar-refractivity contribution >= 4 is 27.9 Å².